The summed E-state index contributed by atoms with van der Waals surface area (Å²) in [7, 11) is 0. The van der Waals surface area contributed by atoms with Crippen molar-refractivity contribution in [1.29, 1.82) is 0 Å². The number of rotatable bonds is 0. The van der Waals surface area contributed by atoms with Crippen LogP contribution < -0.4 is 0 Å². The van der Waals surface area contributed by atoms with E-state index in [2.05, 4.69) is 0 Å². The van der Waals surface area contributed by atoms with E-state index in [0.717, 1.165) is 29.6 Å². The summed E-state index contributed by atoms with van der Waals surface area (Å²) in [6, 6.07) is 5.37. The first-order valence-corrected chi connectivity index (χ1v) is 5.58. The van der Waals surface area contributed by atoms with E-state index in [1.54, 1.807) is 6.07 Å². The Morgan fingerprint density at radius 2 is 1.93 bits per heavy atom. The molecule has 2 heteroatoms. The number of aromatic hydroxyl groups is 1. The Kier molecular flexibility index (Phi) is 1.94. The van der Waals surface area contributed by atoms with E-state index >= 15 is 0 Å². The van der Waals surface area contributed by atoms with Crippen molar-refractivity contribution in [1.82, 2.24) is 0 Å². The average molecular weight is 202 g/mol. The normalized spacial score (nSPS) is 16.3. The van der Waals surface area contributed by atoms with Crippen LogP contribution in [0.15, 0.2) is 22.6 Å². The molecule has 15 heavy (non-hydrogen) atoms. The fraction of sp³-hybridized carbons (Fsp3) is 0.385. The summed E-state index contributed by atoms with van der Waals surface area (Å²) >= 11 is 0. The summed E-state index contributed by atoms with van der Waals surface area (Å²) in [5.41, 5.74) is 2.23. The van der Waals surface area contributed by atoms with Gasteiger partial charge >= 0.3 is 0 Å². The van der Waals surface area contributed by atoms with Crippen LogP contribution in [0.25, 0.3) is 11.0 Å². The van der Waals surface area contributed by atoms with Gasteiger partial charge in [-0.2, -0.15) is 0 Å². The lowest BCUT2D eigenvalue weighted by molar-refractivity contribution is 0.475. The summed E-state index contributed by atoms with van der Waals surface area (Å²) in [4.78, 5) is 0. The van der Waals surface area contributed by atoms with Gasteiger partial charge in [0.25, 0.3) is 0 Å². The number of benzene rings is 1. The third kappa shape index (κ3) is 1.41. The predicted molar refractivity (Wildman–Crippen MR) is 59.1 cm³/mol. The third-order valence-corrected chi connectivity index (χ3v) is 3.19. The molecule has 0 amide bonds. The van der Waals surface area contributed by atoms with Crippen LogP contribution in [0.1, 0.15) is 30.6 Å². The first-order chi connectivity index (χ1) is 7.34. The Labute approximate surface area is 88.5 Å². The highest BCUT2D eigenvalue weighted by Crippen LogP contribution is 2.32. The van der Waals surface area contributed by atoms with Crippen molar-refractivity contribution in [2.24, 2.45) is 0 Å². The van der Waals surface area contributed by atoms with Crippen LogP contribution in [-0.2, 0) is 12.8 Å². The second kappa shape index (κ2) is 3.30. The number of furan rings is 1. The molecular weight excluding hydrogens is 188 g/mol. The number of phenols is 1. The minimum atomic E-state index is 0.329. The first-order valence-electron chi connectivity index (χ1n) is 5.58. The Morgan fingerprint density at radius 3 is 2.87 bits per heavy atom. The van der Waals surface area contributed by atoms with Crippen molar-refractivity contribution >= 4 is 11.0 Å². The van der Waals surface area contributed by atoms with Gasteiger partial charge < -0.3 is 9.52 Å². The van der Waals surface area contributed by atoms with E-state index in [-0.39, 0.29) is 0 Å². The van der Waals surface area contributed by atoms with Crippen LogP contribution in [0, 0.1) is 0 Å². The smallest absolute Gasteiger partial charge is 0.134 e. The summed E-state index contributed by atoms with van der Waals surface area (Å²) < 4.78 is 5.81. The molecule has 0 unspecified atom stereocenters. The maximum Gasteiger partial charge on any atom is 0.134 e. The molecule has 1 N–H and O–H groups in total. The van der Waals surface area contributed by atoms with Crippen LogP contribution in [0.2, 0.25) is 0 Å². The van der Waals surface area contributed by atoms with Crippen molar-refractivity contribution in [2.45, 2.75) is 32.1 Å². The summed E-state index contributed by atoms with van der Waals surface area (Å²) in [5, 5.41) is 10.6. The van der Waals surface area contributed by atoms with E-state index in [0.29, 0.717) is 5.75 Å². The van der Waals surface area contributed by atoms with Crippen LogP contribution in [0.5, 0.6) is 5.75 Å². The van der Waals surface area contributed by atoms with Gasteiger partial charge in [0.2, 0.25) is 0 Å². The van der Waals surface area contributed by atoms with E-state index in [4.69, 9.17) is 4.42 Å². The number of phenolic OH excluding ortho intramolecular Hbond substituents is 1. The minimum absolute atomic E-state index is 0.329. The lowest BCUT2D eigenvalue weighted by atomic mass is 10.1. The highest BCUT2D eigenvalue weighted by molar-refractivity contribution is 5.83. The zero-order chi connectivity index (χ0) is 10.3. The van der Waals surface area contributed by atoms with Crippen LogP contribution in [0.4, 0.5) is 0 Å². The van der Waals surface area contributed by atoms with Gasteiger partial charge in [0.1, 0.15) is 17.1 Å². The number of hydrogen-bond acceptors (Lipinski definition) is 2. The topological polar surface area (TPSA) is 33.4 Å². The lowest BCUT2D eigenvalue weighted by Crippen LogP contribution is -1.84. The van der Waals surface area contributed by atoms with Gasteiger partial charge in [0, 0.05) is 17.4 Å². The Hall–Kier alpha value is -1.44. The van der Waals surface area contributed by atoms with Crippen molar-refractivity contribution < 1.29 is 9.52 Å². The third-order valence-electron chi connectivity index (χ3n) is 3.19. The largest absolute Gasteiger partial charge is 0.508 e. The van der Waals surface area contributed by atoms with E-state index < -0.39 is 0 Å². The van der Waals surface area contributed by atoms with E-state index in [1.807, 2.05) is 12.1 Å². The van der Waals surface area contributed by atoms with Crippen LogP contribution in [-0.4, -0.2) is 5.11 Å². The standard InChI is InChI=1S/C13H14O2/c14-9-6-7-13-11(8-9)10-4-2-1-3-5-12(10)15-13/h6-8,14H,1-5H2. The molecule has 1 aromatic carbocycles. The fourth-order valence-electron chi connectivity index (χ4n) is 2.43. The predicted octanol–water partition coefficient (Wildman–Crippen LogP) is 3.41. The highest BCUT2D eigenvalue weighted by atomic mass is 16.3. The van der Waals surface area contributed by atoms with Gasteiger partial charge in [-0.25, -0.2) is 0 Å². The van der Waals surface area contributed by atoms with Crippen LogP contribution >= 0.6 is 0 Å². The lowest BCUT2D eigenvalue weighted by Gasteiger charge is -1.96. The van der Waals surface area contributed by atoms with E-state index in [1.165, 1.54) is 24.8 Å². The maximum absolute atomic E-state index is 9.48. The van der Waals surface area contributed by atoms with E-state index in [9.17, 15) is 5.11 Å². The average Bonchev–Trinajstić information content (AvgIpc) is 2.44. The summed E-state index contributed by atoms with van der Waals surface area (Å²) in [6.45, 7) is 0. The molecule has 2 nitrogen and oxygen atoms in total. The van der Waals surface area contributed by atoms with Gasteiger partial charge in [0.05, 0.1) is 0 Å². The molecule has 0 saturated carbocycles. The van der Waals surface area contributed by atoms with Crippen molar-refractivity contribution in [3.8, 4) is 5.75 Å². The summed E-state index contributed by atoms with van der Waals surface area (Å²) in [6.07, 6.45) is 5.87. The second-order valence-corrected chi connectivity index (χ2v) is 4.24. The number of hydrogen-bond donors (Lipinski definition) is 1. The SMILES string of the molecule is Oc1ccc2oc3c(c2c1)CCCCC3. The van der Waals surface area contributed by atoms with Gasteiger partial charge in [-0.05, 0) is 37.5 Å². The van der Waals surface area contributed by atoms with Crippen molar-refractivity contribution in [3.05, 3.63) is 29.5 Å². The van der Waals surface area contributed by atoms with Gasteiger partial charge in [0.15, 0.2) is 0 Å². The molecule has 0 bridgehead atoms. The summed E-state index contributed by atoms with van der Waals surface area (Å²) in [5.74, 6) is 1.46. The Bertz CT molecular complexity index is 496. The molecule has 2 aromatic rings. The quantitative estimate of drug-likeness (QED) is 0.664. The molecule has 78 valence electrons. The van der Waals surface area contributed by atoms with Gasteiger partial charge in [-0.1, -0.05) is 6.42 Å². The molecule has 0 saturated heterocycles. The molecule has 3 rings (SSSR count). The molecule has 0 fully saturated rings. The van der Waals surface area contributed by atoms with Crippen LogP contribution in [0.3, 0.4) is 0 Å². The molecule has 0 spiro atoms. The van der Waals surface area contributed by atoms with Crippen molar-refractivity contribution in [3.63, 3.8) is 0 Å². The fourth-order valence-corrected chi connectivity index (χ4v) is 2.43. The number of fused-ring (bicyclic) bond motifs is 3. The molecule has 1 aliphatic rings. The Morgan fingerprint density at radius 1 is 1.07 bits per heavy atom. The molecular formula is C13H14O2. The minimum Gasteiger partial charge on any atom is -0.508 e. The van der Waals surface area contributed by atoms with Gasteiger partial charge in [-0.15, -0.1) is 0 Å². The molecule has 0 aliphatic heterocycles. The highest BCUT2D eigenvalue weighted by Gasteiger charge is 2.16. The molecule has 1 heterocycles. The zero-order valence-electron chi connectivity index (χ0n) is 8.62. The monoisotopic (exact) mass is 202 g/mol. The number of aryl methyl sites for hydroxylation is 2. The first kappa shape index (κ1) is 8.84. The zero-order valence-corrected chi connectivity index (χ0v) is 8.62. The molecule has 0 atom stereocenters. The van der Waals surface area contributed by atoms with Crippen molar-refractivity contribution in [2.75, 3.05) is 0 Å². The maximum atomic E-state index is 9.48. The molecule has 1 aromatic heterocycles. The second-order valence-electron chi connectivity index (χ2n) is 4.24. The molecule has 1 aliphatic carbocycles. The Balaban J connectivity index is 2.24. The molecule has 0 radical (unpaired) electrons. The van der Waals surface area contributed by atoms with Gasteiger partial charge in [-0.3, -0.25) is 0 Å².